The Bertz CT molecular complexity index is 822. The van der Waals surface area contributed by atoms with Gasteiger partial charge in [-0.2, -0.15) is 0 Å². The van der Waals surface area contributed by atoms with Gasteiger partial charge in [-0.1, -0.05) is 25.1 Å². The molecular weight excluding hydrogens is 360 g/mol. The number of hydrogen-bond donors (Lipinski definition) is 3. The van der Waals surface area contributed by atoms with Gasteiger partial charge in [0.1, 0.15) is 12.1 Å². The SMILES string of the molecule is CCCNC(=O)CNC(=O)CN1C(=O)N[C@@](C)(c2ccc3c(c2)CCC3)C1=O. The molecule has 1 aromatic carbocycles. The van der Waals surface area contributed by atoms with Gasteiger partial charge in [-0.15, -0.1) is 0 Å². The molecule has 1 aliphatic heterocycles. The fourth-order valence-corrected chi connectivity index (χ4v) is 3.62. The van der Waals surface area contributed by atoms with E-state index >= 15 is 0 Å². The summed E-state index contributed by atoms with van der Waals surface area (Å²) in [4.78, 5) is 49.9. The molecule has 1 heterocycles. The van der Waals surface area contributed by atoms with Crippen molar-refractivity contribution in [3.05, 3.63) is 34.9 Å². The number of hydrogen-bond acceptors (Lipinski definition) is 4. The number of urea groups is 1. The van der Waals surface area contributed by atoms with Crippen LogP contribution >= 0.6 is 0 Å². The molecule has 0 aromatic heterocycles. The maximum Gasteiger partial charge on any atom is 0.325 e. The van der Waals surface area contributed by atoms with Crippen molar-refractivity contribution in [3.8, 4) is 0 Å². The third-order valence-corrected chi connectivity index (χ3v) is 5.27. The van der Waals surface area contributed by atoms with Gasteiger partial charge in [-0.3, -0.25) is 19.3 Å². The minimum atomic E-state index is -1.20. The smallest absolute Gasteiger partial charge is 0.325 e. The number of aryl methyl sites for hydroxylation is 2. The Morgan fingerprint density at radius 2 is 1.89 bits per heavy atom. The highest BCUT2D eigenvalue weighted by Gasteiger charge is 2.49. The van der Waals surface area contributed by atoms with Crippen LogP contribution in [0.2, 0.25) is 0 Å². The van der Waals surface area contributed by atoms with E-state index < -0.39 is 29.9 Å². The quantitative estimate of drug-likeness (QED) is 0.596. The molecule has 150 valence electrons. The van der Waals surface area contributed by atoms with Crippen molar-refractivity contribution < 1.29 is 19.2 Å². The van der Waals surface area contributed by atoms with Crippen LogP contribution in [0.3, 0.4) is 0 Å². The van der Waals surface area contributed by atoms with Crippen molar-refractivity contribution in [3.63, 3.8) is 0 Å². The largest absolute Gasteiger partial charge is 0.355 e. The van der Waals surface area contributed by atoms with Gasteiger partial charge in [-0.05, 0) is 49.3 Å². The number of nitrogens with zero attached hydrogens (tertiary/aromatic N) is 1. The molecule has 1 aliphatic carbocycles. The molecule has 0 spiro atoms. The predicted octanol–water partition coefficient (Wildman–Crippen LogP) is 0.585. The summed E-state index contributed by atoms with van der Waals surface area (Å²) >= 11 is 0. The molecule has 5 amide bonds. The number of nitrogens with one attached hydrogen (secondary N) is 3. The zero-order valence-corrected chi connectivity index (χ0v) is 16.3. The predicted molar refractivity (Wildman–Crippen MR) is 102 cm³/mol. The van der Waals surface area contributed by atoms with E-state index in [0.717, 1.165) is 30.6 Å². The molecule has 1 atom stereocenters. The lowest BCUT2D eigenvalue weighted by Crippen LogP contribution is -2.45. The molecule has 8 nitrogen and oxygen atoms in total. The molecule has 0 bridgehead atoms. The highest BCUT2D eigenvalue weighted by atomic mass is 16.2. The molecule has 3 N–H and O–H groups in total. The molecule has 2 aliphatic rings. The Kier molecular flexibility index (Phi) is 5.67. The zero-order valence-electron chi connectivity index (χ0n) is 16.3. The molecule has 1 aromatic rings. The lowest BCUT2D eigenvalue weighted by molar-refractivity contribution is -0.135. The maximum atomic E-state index is 12.9. The summed E-state index contributed by atoms with van der Waals surface area (Å²) in [6.07, 6.45) is 3.88. The van der Waals surface area contributed by atoms with E-state index in [2.05, 4.69) is 16.0 Å². The first-order chi connectivity index (χ1) is 13.3. The third kappa shape index (κ3) is 3.85. The zero-order chi connectivity index (χ0) is 20.3. The first-order valence-corrected chi connectivity index (χ1v) is 9.65. The maximum absolute atomic E-state index is 12.9. The summed E-state index contributed by atoms with van der Waals surface area (Å²) in [6.45, 7) is 3.49. The Hall–Kier alpha value is -2.90. The molecule has 0 saturated carbocycles. The molecule has 0 radical (unpaired) electrons. The van der Waals surface area contributed by atoms with Crippen LogP contribution in [-0.4, -0.2) is 48.3 Å². The van der Waals surface area contributed by atoms with Gasteiger partial charge in [-0.25, -0.2) is 4.79 Å². The number of amides is 5. The monoisotopic (exact) mass is 386 g/mol. The van der Waals surface area contributed by atoms with E-state index in [1.807, 2.05) is 25.1 Å². The Morgan fingerprint density at radius 3 is 2.64 bits per heavy atom. The van der Waals surface area contributed by atoms with Gasteiger partial charge in [0, 0.05) is 6.54 Å². The first-order valence-electron chi connectivity index (χ1n) is 9.65. The normalized spacial score (nSPS) is 20.7. The van der Waals surface area contributed by atoms with Gasteiger partial charge >= 0.3 is 6.03 Å². The van der Waals surface area contributed by atoms with Crippen molar-refractivity contribution in [2.45, 2.75) is 45.1 Å². The second-order valence-corrected chi connectivity index (χ2v) is 7.41. The van der Waals surface area contributed by atoms with Crippen molar-refractivity contribution in [2.75, 3.05) is 19.6 Å². The van der Waals surface area contributed by atoms with Crippen molar-refractivity contribution >= 4 is 23.8 Å². The fraction of sp³-hybridized carbons (Fsp3) is 0.500. The lowest BCUT2D eigenvalue weighted by atomic mass is 9.89. The summed E-state index contributed by atoms with van der Waals surface area (Å²) in [5.74, 6) is -1.34. The van der Waals surface area contributed by atoms with E-state index in [1.165, 1.54) is 11.1 Å². The Labute approximate surface area is 164 Å². The summed E-state index contributed by atoms with van der Waals surface area (Å²) < 4.78 is 0. The molecular formula is C20H26N4O4. The summed E-state index contributed by atoms with van der Waals surface area (Å²) in [5.41, 5.74) is 2.00. The number of benzene rings is 1. The average molecular weight is 386 g/mol. The molecule has 28 heavy (non-hydrogen) atoms. The number of rotatable bonds is 7. The number of fused-ring (bicyclic) bond motifs is 1. The topological polar surface area (TPSA) is 108 Å². The van der Waals surface area contributed by atoms with Gasteiger partial charge < -0.3 is 16.0 Å². The molecule has 1 saturated heterocycles. The van der Waals surface area contributed by atoms with Crippen LogP contribution < -0.4 is 16.0 Å². The number of imide groups is 1. The summed E-state index contributed by atoms with van der Waals surface area (Å²) in [5, 5.41) is 7.79. The van der Waals surface area contributed by atoms with Crippen LogP contribution in [0.1, 0.15) is 43.4 Å². The minimum Gasteiger partial charge on any atom is -0.355 e. The third-order valence-electron chi connectivity index (χ3n) is 5.27. The van der Waals surface area contributed by atoms with Crippen LogP contribution in [0.25, 0.3) is 0 Å². The average Bonchev–Trinajstić information content (AvgIpc) is 3.23. The van der Waals surface area contributed by atoms with E-state index in [9.17, 15) is 19.2 Å². The molecule has 3 rings (SSSR count). The molecule has 1 fully saturated rings. The van der Waals surface area contributed by atoms with Gasteiger partial charge in [0.05, 0.1) is 6.54 Å². The fourth-order valence-electron chi connectivity index (χ4n) is 3.62. The Balaban J connectivity index is 1.64. The van der Waals surface area contributed by atoms with Gasteiger partial charge in [0.15, 0.2) is 0 Å². The van der Waals surface area contributed by atoms with E-state index in [-0.39, 0.29) is 12.5 Å². The van der Waals surface area contributed by atoms with E-state index in [4.69, 9.17) is 0 Å². The van der Waals surface area contributed by atoms with E-state index in [1.54, 1.807) is 6.92 Å². The van der Waals surface area contributed by atoms with Crippen molar-refractivity contribution in [2.24, 2.45) is 0 Å². The second kappa shape index (κ2) is 8.00. The molecule has 0 unspecified atom stereocenters. The van der Waals surface area contributed by atoms with Crippen molar-refractivity contribution in [1.82, 2.24) is 20.9 Å². The summed E-state index contributed by atoms with van der Waals surface area (Å²) in [7, 11) is 0. The highest BCUT2D eigenvalue weighted by Crippen LogP contribution is 2.32. The van der Waals surface area contributed by atoms with Crippen LogP contribution in [0.4, 0.5) is 4.79 Å². The van der Waals surface area contributed by atoms with Crippen LogP contribution in [0, 0.1) is 0 Å². The van der Waals surface area contributed by atoms with E-state index in [0.29, 0.717) is 12.1 Å². The first kappa shape index (κ1) is 19.9. The highest BCUT2D eigenvalue weighted by molar-refractivity contribution is 6.09. The minimum absolute atomic E-state index is 0.190. The summed E-state index contributed by atoms with van der Waals surface area (Å²) in [6, 6.07) is 5.23. The second-order valence-electron chi connectivity index (χ2n) is 7.41. The lowest BCUT2D eigenvalue weighted by Gasteiger charge is -2.23. The van der Waals surface area contributed by atoms with Crippen LogP contribution in [-0.2, 0) is 32.8 Å². The van der Waals surface area contributed by atoms with Gasteiger partial charge in [0.25, 0.3) is 5.91 Å². The Morgan fingerprint density at radius 1 is 1.14 bits per heavy atom. The standard InChI is InChI=1S/C20H26N4O4/c1-3-9-21-16(25)11-22-17(26)12-24-18(27)20(2,23-19(24)28)15-8-7-13-5-4-6-14(13)10-15/h7-8,10H,3-6,9,11-12H2,1-2H3,(H,21,25)(H,22,26)(H,23,28)/t20-/m0/s1. The van der Waals surface area contributed by atoms with Gasteiger partial charge in [0.2, 0.25) is 11.8 Å². The van der Waals surface area contributed by atoms with Crippen LogP contribution in [0.5, 0.6) is 0 Å². The number of carbonyl (C=O) groups excluding carboxylic acids is 4. The van der Waals surface area contributed by atoms with Crippen LogP contribution in [0.15, 0.2) is 18.2 Å². The number of carbonyl (C=O) groups is 4. The van der Waals surface area contributed by atoms with Crippen molar-refractivity contribution in [1.29, 1.82) is 0 Å². The molecule has 8 heteroatoms.